The third kappa shape index (κ3) is 5.86. The number of aromatic nitrogens is 2. The highest BCUT2D eigenvalue weighted by atomic mass is 19.3. The molecule has 0 bridgehead atoms. The number of benzene rings is 2. The predicted octanol–water partition coefficient (Wildman–Crippen LogP) is 4.48. The summed E-state index contributed by atoms with van der Waals surface area (Å²) in [5.41, 5.74) is -0.450. The van der Waals surface area contributed by atoms with Crippen molar-refractivity contribution >= 4 is 22.8 Å². The number of rotatable bonds is 7. The van der Waals surface area contributed by atoms with Crippen LogP contribution in [0.1, 0.15) is 36.8 Å². The first-order valence-electron chi connectivity index (χ1n) is 12.5. The number of likely N-dealkylation sites (N-methyl/N-ethyl adjacent to an activating group) is 1. The van der Waals surface area contributed by atoms with Crippen LogP contribution < -0.4 is 14.8 Å². The van der Waals surface area contributed by atoms with Gasteiger partial charge < -0.3 is 29.7 Å². The van der Waals surface area contributed by atoms with E-state index in [4.69, 9.17) is 14.6 Å². The van der Waals surface area contributed by atoms with Crippen molar-refractivity contribution in [2.45, 2.75) is 38.8 Å². The Bertz CT molecular complexity index is 1370. The van der Waals surface area contributed by atoms with Gasteiger partial charge in [-0.1, -0.05) is 12.1 Å². The molecule has 2 unspecified atom stereocenters. The Hall–Kier alpha value is -3.64. The number of aryl methyl sites for hydroxylation is 1. The standard InChI is InChI=1S/C27H32F3N5O4/c1-15-13-34(4)9-10-35(15)26(37)39-23-11-19-21(12-22(23)38-5)32-17(3)33-25(19)31-16(2)18-7-6-8-20(24(18)28)27(29,30)14-36/h6-8,11-12,15-16,36H,9-10,13-14H2,1-5H3,(H,31,32,33). The van der Waals surface area contributed by atoms with Crippen molar-refractivity contribution in [3.05, 3.63) is 53.1 Å². The molecule has 4 rings (SSSR count). The van der Waals surface area contributed by atoms with Crippen LogP contribution >= 0.6 is 0 Å². The zero-order valence-electron chi connectivity index (χ0n) is 22.5. The molecule has 1 aliphatic rings. The van der Waals surface area contributed by atoms with Crippen LogP contribution in [0.15, 0.2) is 30.3 Å². The van der Waals surface area contributed by atoms with Gasteiger partial charge in [-0.2, -0.15) is 8.78 Å². The number of nitrogens with one attached hydrogen (secondary N) is 1. The lowest BCUT2D eigenvalue weighted by Gasteiger charge is -2.37. The van der Waals surface area contributed by atoms with E-state index in [1.54, 1.807) is 30.9 Å². The summed E-state index contributed by atoms with van der Waals surface area (Å²) in [6, 6.07) is 5.97. The van der Waals surface area contributed by atoms with Crippen molar-refractivity contribution < 1.29 is 32.5 Å². The number of aliphatic hydroxyl groups excluding tert-OH is 1. The number of alkyl halides is 2. The molecule has 1 aliphatic heterocycles. The molecule has 210 valence electrons. The van der Waals surface area contributed by atoms with E-state index in [1.807, 2.05) is 14.0 Å². The van der Waals surface area contributed by atoms with E-state index in [-0.39, 0.29) is 23.2 Å². The third-order valence-corrected chi connectivity index (χ3v) is 6.80. The number of nitrogens with zero attached hydrogens (tertiary/aromatic N) is 4. The van der Waals surface area contributed by atoms with Crippen LogP contribution in [0, 0.1) is 12.7 Å². The van der Waals surface area contributed by atoms with Gasteiger partial charge in [0.05, 0.1) is 24.2 Å². The smallest absolute Gasteiger partial charge is 0.415 e. The van der Waals surface area contributed by atoms with E-state index < -0.39 is 36.0 Å². The number of fused-ring (bicyclic) bond motifs is 1. The molecule has 1 aromatic heterocycles. The number of carbonyl (C=O) groups excluding carboxylic acids is 1. The second-order valence-electron chi connectivity index (χ2n) is 9.75. The zero-order valence-corrected chi connectivity index (χ0v) is 22.5. The maximum atomic E-state index is 15.1. The normalized spacial score (nSPS) is 17.3. The Kier molecular flexibility index (Phi) is 8.17. The quantitative estimate of drug-likeness (QED) is 0.447. The second-order valence-corrected chi connectivity index (χ2v) is 9.75. The minimum absolute atomic E-state index is 0.0331. The third-order valence-electron chi connectivity index (χ3n) is 6.80. The first kappa shape index (κ1) is 28.4. The van der Waals surface area contributed by atoms with Gasteiger partial charge in [0.25, 0.3) is 5.92 Å². The molecule has 2 heterocycles. The first-order valence-corrected chi connectivity index (χ1v) is 12.5. The Morgan fingerprint density at radius 1 is 1.26 bits per heavy atom. The van der Waals surface area contributed by atoms with Crippen LogP contribution in [-0.4, -0.2) is 77.4 Å². The number of piperazine rings is 1. The van der Waals surface area contributed by atoms with Gasteiger partial charge in [-0.3, -0.25) is 0 Å². The highest BCUT2D eigenvalue weighted by molar-refractivity contribution is 5.92. The molecule has 0 saturated carbocycles. The molecule has 39 heavy (non-hydrogen) atoms. The molecule has 1 saturated heterocycles. The summed E-state index contributed by atoms with van der Waals surface area (Å²) in [6.45, 7) is 5.65. The molecule has 2 aromatic carbocycles. The largest absolute Gasteiger partial charge is 0.493 e. The molecule has 2 atom stereocenters. The van der Waals surface area contributed by atoms with Gasteiger partial charge in [-0.15, -0.1) is 0 Å². The van der Waals surface area contributed by atoms with Crippen molar-refractivity contribution in [3.63, 3.8) is 0 Å². The summed E-state index contributed by atoms with van der Waals surface area (Å²) in [6.07, 6.45) is -0.521. The number of anilines is 1. The zero-order chi connectivity index (χ0) is 28.5. The second kappa shape index (κ2) is 11.2. The van der Waals surface area contributed by atoms with Gasteiger partial charge in [0, 0.05) is 42.7 Å². The van der Waals surface area contributed by atoms with Crippen LogP contribution in [0.25, 0.3) is 10.9 Å². The topological polar surface area (TPSA) is 100 Å². The number of carbonyl (C=O) groups is 1. The monoisotopic (exact) mass is 547 g/mol. The van der Waals surface area contributed by atoms with Gasteiger partial charge in [-0.05, 0) is 40.0 Å². The van der Waals surface area contributed by atoms with Gasteiger partial charge in [0.15, 0.2) is 11.5 Å². The van der Waals surface area contributed by atoms with E-state index in [0.29, 0.717) is 35.6 Å². The van der Waals surface area contributed by atoms with Gasteiger partial charge in [-0.25, -0.2) is 19.2 Å². The average molecular weight is 548 g/mol. The molecule has 1 fully saturated rings. The Morgan fingerprint density at radius 3 is 2.67 bits per heavy atom. The molecule has 0 radical (unpaired) electrons. The number of halogens is 3. The number of ether oxygens (including phenoxy) is 2. The fourth-order valence-corrected chi connectivity index (χ4v) is 4.70. The number of hydrogen-bond donors (Lipinski definition) is 2. The summed E-state index contributed by atoms with van der Waals surface area (Å²) in [5.74, 6) is -3.72. The molecule has 1 amide bonds. The summed E-state index contributed by atoms with van der Waals surface area (Å²) < 4.78 is 54.5. The van der Waals surface area contributed by atoms with Crippen molar-refractivity contribution in [1.82, 2.24) is 19.8 Å². The predicted molar refractivity (Wildman–Crippen MR) is 140 cm³/mol. The fraction of sp³-hybridized carbons (Fsp3) is 0.444. The lowest BCUT2D eigenvalue weighted by molar-refractivity contribution is -0.0583. The maximum absolute atomic E-state index is 15.1. The van der Waals surface area contributed by atoms with E-state index in [1.165, 1.54) is 19.2 Å². The summed E-state index contributed by atoms with van der Waals surface area (Å²) in [5, 5.41) is 12.6. The van der Waals surface area contributed by atoms with Crippen molar-refractivity contribution in [1.29, 1.82) is 0 Å². The summed E-state index contributed by atoms with van der Waals surface area (Å²) in [4.78, 5) is 25.7. The SMILES string of the molecule is COc1cc2nc(C)nc(NC(C)c3cccc(C(F)(F)CO)c3F)c2cc1OC(=O)N1CCN(C)CC1C. The lowest BCUT2D eigenvalue weighted by Crippen LogP contribution is -2.53. The molecule has 2 N–H and O–H groups in total. The number of amides is 1. The van der Waals surface area contributed by atoms with Crippen LogP contribution in [-0.2, 0) is 5.92 Å². The minimum atomic E-state index is -3.73. The average Bonchev–Trinajstić information content (AvgIpc) is 2.88. The Morgan fingerprint density at radius 2 is 2.00 bits per heavy atom. The Labute approximate surface area is 224 Å². The molecular weight excluding hydrogens is 515 g/mol. The highest BCUT2D eigenvalue weighted by Gasteiger charge is 2.35. The fourth-order valence-electron chi connectivity index (χ4n) is 4.70. The highest BCUT2D eigenvalue weighted by Crippen LogP contribution is 2.37. The minimum Gasteiger partial charge on any atom is -0.493 e. The number of methoxy groups -OCH3 is 1. The number of aliphatic hydroxyl groups is 1. The van der Waals surface area contributed by atoms with Crippen molar-refractivity contribution in [2.24, 2.45) is 0 Å². The van der Waals surface area contributed by atoms with Crippen molar-refractivity contribution in [2.75, 3.05) is 45.7 Å². The van der Waals surface area contributed by atoms with E-state index in [9.17, 15) is 13.6 Å². The van der Waals surface area contributed by atoms with E-state index >= 15 is 4.39 Å². The van der Waals surface area contributed by atoms with E-state index in [0.717, 1.165) is 12.6 Å². The van der Waals surface area contributed by atoms with Gasteiger partial charge in [0.2, 0.25) is 0 Å². The van der Waals surface area contributed by atoms with Crippen LogP contribution in [0.4, 0.5) is 23.8 Å². The first-order chi connectivity index (χ1) is 18.4. The maximum Gasteiger partial charge on any atom is 0.415 e. The van der Waals surface area contributed by atoms with Gasteiger partial charge in [0.1, 0.15) is 24.1 Å². The van der Waals surface area contributed by atoms with Crippen molar-refractivity contribution in [3.8, 4) is 11.5 Å². The Balaban J connectivity index is 1.69. The molecule has 3 aromatic rings. The summed E-state index contributed by atoms with van der Waals surface area (Å²) in [7, 11) is 3.44. The number of hydrogen-bond acceptors (Lipinski definition) is 8. The molecule has 9 nitrogen and oxygen atoms in total. The summed E-state index contributed by atoms with van der Waals surface area (Å²) >= 11 is 0. The van der Waals surface area contributed by atoms with Crippen LogP contribution in [0.3, 0.4) is 0 Å². The molecule has 0 aliphatic carbocycles. The molecule has 0 spiro atoms. The molecule has 12 heteroatoms. The van der Waals surface area contributed by atoms with Crippen LogP contribution in [0.2, 0.25) is 0 Å². The lowest BCUT2D eigenvalue weighted by atomic mass is 10.00. The van der Waals surface area contributed by atoms with Gasteiger partial charge >= 0.3 is 6.09 Å². The van der Waals surface area contributed by atoms with E-state index in [2.05, 4.69) is 20.2 Å². The van der Waals surface area contributed by atoms with Crippen LogP contribution in [0.5, 0.6) is 11.5 Å². The molecular formula is C27H32F3N5O4.